The summed E-state index contributed by atoms with van der Waals surface area (Å²) >= 11 is 0. The van der Waals surface area contributed by atoms with Crippen LogP contribution in [0.3, 0.4) is 0 Å². The summed E-state index contributed by atoms with van der Waals surface area (Å²) in [6.07, 6.45) is 3.77. The van der Waals surface area contributed by atoms with Crippen molar-refractivity contribution in [3.05, 3.63) is 23.9 Å². The van der Waals surface area contributed by atoms with Crippen LogP contribution in [0.5, 0.6) is 0 Å². The van der Waals surface area contributed by atoms with Gasteiger partial charge in [0.15, 0.2) is 0 Å². The molecule has 2 fully saturated rings. The lowest BCUT2D eigenvalue weighted by Gasteiger charge is -2.29. The van der Waals surface area contributed by atoms with E-state index in [9.17, 15) is 9.59 Å². The molecule has 0 atom stereocenters. The molecular formula is C16H22N4O3. The molecule has 7 nitrogen and oxygen atoms in total. The Balaban J connectivity index is 1.63. The van der Waals surface area contributed by atoms with Crippen molar-refractivity contribution >= 4 is 17.6 Å². The minimum atomic E-state index is -0.257. The fraction of sp³-hybridized carbons (Fsp3) is 0.562. The lowest BCUT2D eigenvalue weighted by Crippen LogP contribution is -2.40. The van der Waals surface area contributed by atoms with Crippen molar-refractivity contribution in [2.24, 2.45) is 0 Å². The van der Waals surface area contributed by atoms with Gasteiger partial charge in [0.1, 0.15) is 5.82 Å². The van der Waals surface area contributed by atoms with E-state index in [1.54, 1.807) is 23.2 Å². The SMILES string of the molecule is O=C(NCC(=O)N1CCCC1)c1cccnc1N1CCOCC1. The van der Waals surface area contributed by atoms with Gasteiger partial charge in [0.2, 0.25) is 5.91 Å². The van der Waals surface area contributed by atoms with Crippen LogP contribution in [0.15, 0.2) is 18.3 Å². The van der Waals surface area contributed by atoms with Crippen molar-refractivity contribution in [2.45, 2.75) is 12.8 Å². The molecule has 2 amide bonds. The van der Waals surface area contributed by atoms with Crippen LogP contribution in [0.2, 0.25) is 0 Å². The molecule has 23 heavy (non-hydrogen) atoms. The largest absolute Gasteiger partial charge is 0.378 e. The van der Waals surface area contributed by atoms with E-state index in [1.807, 2.05) is 4.90 Å². The average Bonchev–Trinajstić information content (AvgIpc) is 3.15. The monoisotopic (exact) mass is 318 g/mol. The number of hydrogen-bond acceptors (Lipinski definition) is 5. The van der Waals surface area contributed by atoms with Crippen molar-refractivity contribution < 1.29 is 14.3 Å². The minimum absolute atomic E-state index is 0.0207. The molecule has 0 unspecified atom stereocenters. The first kappa shape index (κ1) is 15.7. The molecule has 124 valence electrons. The highest BCUT2D eigenvalue weighted by Gasteiger charge is 2.22. The second-order valence-electron chi connectivity index (χ2n) is 5.74. The Morgan fingerprint density at radius 2 is 1.91 bits per heavy atom. The third kappa shape index (κ3) is 3.79. The van der Waals surface area contributed by atoms with Crippen LogP contribution < -0.4 is 10.2 Å². The van der Waals surface area contributed by atoms with Crippen molar-refractivity contribution in [1.29, 1.82) is 0 Å². The molecule has 3 rings (SSSR count). The molecule has 0 bridgehead atoms. The maximum atomic E-state index is 12.4. The van der Waals surface area contributed by atoms with E-state index in [0.29, 0.717) is 37.7 Å². The highest BCUT2D eigenvalue weighted by atomic mass is 16.5. The van der Waals surface area contributed by atoms with Crippen LogP contribution in [-0.2, 0) is 9.53 Å². The smallest absolute Gasteiger partial charge is 0.255 e. The summed E-state index contributed by atoms with van der Waals surface area (Å²) in [5, 5.41) is 2.73. The van der Waals surface area contributed by atoms with Gasteiger partial charge >= 0.3 is 0 Å². The summed E-state index contributed by atoms with van der Waals surface area (Å²) in [5.41, 5.74) is 0.503. The first-order valence-corrected chi connectivity index (χ1v) is 8.09. The van der Waals surface area contributed by atoms with Crippen LogP contribution >= 0.6 is 0 Å². The molecule has 3 heterocycles. The van der Waals surface area contributed by atoms with Gasteiger partial charge in [-0.3, -0.25) is 9.59 Å². The fourth-order valence-electron chi connectivity index (χ4n) is 2.93. The Morgan fingerprint density at radius 3 is 2.65 bits per heavy atom. The van der Waals surface area contributed by atoms with Gasteiger partial charge in [-0.05, 0) is 25.0 Å². The minimum Gasteiger partial charge on any atom is -0.378 e. The number of amides is 2. The predicted molar refractivity (Wildman–Crippen MR) is 85.4 cm³/mol. The second-order valence-corrected chi connectivity index (χ2v) is 5.74. The predicted octanol–water partition coefficient (Wildman–Crippen LogP) is 0.270. The van der Waals surface area contributed by atoms with Crippen molar-refractivity contribution in [1.82, 2.24) is 15.2 Å². The van der Waals surface area contributed by atoms with Crippen LogP contribution in [-0.4, -0.2) is 67.6 Å². The lowest BCUT2D eigenvalue weighted by molar-refractivity contribution is -0.129. The normalized spacial score (nSPS) is 18.1. The zero-order valence-corrected chi connectivity index (χ0v) is 13.2. The van der Waals surface area contributed by atoms with E-state index in [2.05, 4.69) is 10.3 Å². The topological polar surface area (TPSA) is 74.8 Å². The van der Waals surface area contributed by atoms with E-state index < -0.39 is 0 Å². The second kappa shape index (κ2) is 7.41. The molecule has 1 aromatic heterocycles. The molecule has 1 N–H and O–H groups in total. The maximum Gasteiger partial charge on any atom is 0.255 e. The standard InChI is InChI=1S/C16H22N4O3/c21-14(19-6-1-2-7-19)12-18-16(22)13-4-3-5-17-15(13)20-8-10-23-11-9-20/h3-5H,1-2,6-12H2,(H,18,22). The van der Waals surface area contributed by atoms with Gasteiger partial charge in [-0.15, -0.1) is 0 Å². The van der Waals surface area contributed by atoms with E-state index in [4.69, 9.17) is 4.74 Å². The lowest BCUT2D eigenvalue weighted by atomic mass is 10.2. The van der Waals surface area contributed by atoms with E-state index in [0.717, 1.165) is 25.9 Å². The van der Waals surface area contributed by atoms with Crippen molar-refractivity contribution in [3.63, 3.8) is 0 Å². The summed E-state index contributed by atoms with van der Waals surface area (Å²) in [6, 6.07) is 3.48. The van der Waals surface area contributed by atoms with Crippen LogP contribution in [0.25, 0.3) is 0 Å². The summed E-state index contributed by atoms with van der Waals surface area (Å²) in [4.78, 5) is 32.7. The first-order valence-electron chi connectivity index (χ1n) is 8.09. The molecule has 2 aliphatic rings. The Hall–Kier alpha value is -2.15. The fourth-order valence-corrected chi connectivity index (χ4v) is 2.93. The number of nitrogens with zero attached hydrogens (tertiary/aromatic N) is 3. The van der Waals surface area contributed by atoms with Crippen LogP contribution in [0, 0.1) is 0 Å². The third-order valence-electron chi connectivity index (χ3n) is 4.20. The average molecular weight is 318 g/mol. The van der Waals surface area contributed by atoms with Gasteiger partial charge in [0.25, 0.3) is 5.91 Å². The number of nitrogens with one attached hydrogen (secondary N) is 1. The van der Waals surface area contributed by atoms with E-state index in [-0.39, 0.29) is 18.4 Å². The highest BCUT2D eigenvalue weighted by Crippen LogP contribution is 2.18. The Morgan fingerprint density at radius 1 is 1.17 bits per heavy atom. The molecule has 7 heteroatoms. The van der Waals surface area contributed by atoms with Gasteiger partial charge in [-0.2, -0.15) is 0 Å². The zero-order chi connectivity index (χ0) is 16.1. The molecule has 2 aliphatic heterocycles. The van der Waals surface area contributed by atoms with E-state index >= 15 is 0 Å². The van der Waals surface area contributed by atoms with Crippen molar-refractivity contribution in [2.75, 3.05) is 50.8 Å². The molecular weight excluding hydrogens is 296 g/mol. The third-order valence-corrected chi connectivity index (χ3v) is 4.20. The Labute approximate surface area is 135 Å². The number of anilines is 1. The maximum absolute atomic E-state index is 12.4. The number of likely N-dealkylation sites (tertiary alicyclic amines) is 1. The number of carbonyl (C=O) groups is 2. The molecule has 0 saturated carbocycles. The number of rotatable bonds is 4. The molecule has 0 aliphatic carbocycles. The van der Waals surface area contributed by atoms with Crippen LogP contribution in [0.1, 0.15) is 23.2 Å². The van der Waals surface area contributed by atoms with Gasteiger partial charge in [0, 0.05) is 32.4 Å². The zero-order valence-electron chi connectivity index (χ0n) is 13.2. The summed E-state index contributed by atoms with van der Waals surface area (Å²) in [7, 11) is 0. The molecule has 0 radical (unpaired) electrons. The molecule has 0 aromatic carbocycles. The summed E-state index contributed by atoms with van der Waals surface area (Å²) in [6.45, 7) is 4.31. The quantitative estimate of drug-likeness (QED) is 0.862. The molecule has 1 aromatic rings. The number of ether oxygens (including phenoxy) is 1. The Kier molecular flexibility index (Phi) is 5.07. The highest BCUT2D eigenvalue weighted by molar-refractivity contribution is 6.00. The van der Waals surface area contributed by atoms with Gasteiger partial charge in [0.05, 0.1) is 25.3 Å². The first-order chi connectivity index (χ1) is 11.3. The molecule has 0 spiro atoms. The number of pyridine rings is 1. The van der Waals surface area contributed by atoms with Crippen LogP contribution in [0.4, 0.5) is 5.82 Å². The number of morpholine rings is 1. The molecule has 2 saturated heterocycles. The number of carbonyl (C=O) groups excluding carboxylic acids is 2. The Bertz CT molecular complexity index is 566. The van der Waals surface area contributed by atoms with Gasteiger partial charge < -0.3 is 19.9 Å². The van der Waals surface area contributed by atoms with E-state index in [1.165, 1.54) is 0 Å². The summed E-state index contributed by atoms with van der Waals surface area (Å²) < 4.78 is 5.34. The van der Waals surface area contributed by atoms with Crippen molar-refractivity contribution in [3.8, 4) is 0 Å². The van der Waals surface area contributed by atoms with Gasteiger partial charge in [-0.1, -0.05) is 0 Å². The van der Waals surface area contributed by atoms with Gasteiger partial charge in [-0.25, -0.2) is 4.98 Å². The number of hydrogen-bond donors (Lipinski definition) is 1. The number of aromatic nitrogens is 1. The summed E-state index contributed by atoms with van der Waals surface area (Å²) in [5.74, 6) is 0.377.